The Hall–Kier alpha value is -0.480. The fraction of sp³-hybridized carbons (Fsp3) is 0.500. The van der Waals surface area contributed by atoms with Crippen LogP contribution in [0.4, 0.5) is 0 Å². The van der Waals surface area contributed by atoms with Crippen LogP contribution < -0.4 is 0 Å². The second-order valence-corrected chi connectivity index (χ2v) is 2.34. The van der Waals surface area contributed by atoms with Crippen LogP contribution in [0.15, 0.2) is 11.6 Å². The molecule has 0 aromatic heterocycles. The average molecular weight is 128 g/mol. The number of hydrogen-bond acceptors (Lipinski definition) is 1. The molecule has 0 amide bonds. The van der Waals surface area contributed by atoms with Gasteiger partial charge in [0, 0.05) is 5.57 Å². The summed E-state index contributed by atoms with van der Waals surface area (Å²) >= 11 is 5.69. The van der Waals surface area contributed by atoms with E-state index >= 15 is 0 Å². The van der Waals surface area contributed by atoms with Gasteiger partial charge >= 0.3 is 0 Å². The van der Waals surface area contributed by atoms with Crippen molar-refractivity contribution in [3.05, 3.63) is 11.6 Å². The number of nitriles is 1. The molecule has 1 atom stereocenters. The van der Waals surface area contributed by atoms with Crippen LogP contribution in [0.1, 0.15) is 12.8 Å². The summed E-state index contributed by atoms with van der Waals surface area (Å²) in [7, 11) is 0. The van der Waals surface area contributed by atoms with Gasteiger partial charge in [0.15, 0.2) is 0 Å². The summed E-state index contributed by atoms with van der Waals surface area (Å²) in [4.78, 5) is 0. The van der Waals surface area contributed by atoms with Gasteiger partial charge in [0.25, 0.3) is 0 Å². The van der Waals surface area contributed by atoms with Gasteiger partial charge in [-0.1, -0.05) is 6.08 Å². The molecule has 8 heavy (non-hydrogen) atoms. The molecular weight excluding hydrogens is 122 g/mol. The Bertz CT molecular complexity index is 154. The molecule has 0 aromatic carbocycles. The van der Waals surface area contributed by atoms with E-state index in [2.05, 4.69) is 0 Å². The van der Waals surface area contributed by atoms with E-state index in [0.29, 0.717) is 0 Å². The molecule has 0 fully saturated rings. The van der Waals surface area contributed by atoms with Gasteiger partial charge in [-0.15, -0.1) is 11.6 Å². The first-order chi connectivity index (χ1) is 3.84. The van der Waals surface area contributed by atoms with Gasteiger partial charge < -0.3 is 0 Å². The second kappa shape index (κ2) is 2.19. The van der Waals surface area contributed by atoms with Gasteiger partial charge in [-0.3, -0.25) is 0 Å². The van der Waals surface area contributed by atoms with E-state index in [4.69, 9.17) is 16.9 Å². The monoisotopic (exact) mass is 127 g/mol. The SMILES string of the molecule is N#CC1=CCCC1Cl. The smallest absolute Gasteiger partial charge is 0.0959 e. The molecule has 1 unspecified atom stereocenters. The van der Waals surface area contributed by atoms with Crippen molar-refractivity contribution in [2.75, 3.05) is 0 Å². The summed E-state index contributed by atoms with van der Waals surface area (Å²) in [5, 5.41) is 8.33. The van der Waals surface area contributed by atoms with E-state index in [1.54, 1.807) is 0 Å². The van der Waals surface area contributed by atoms with Crippen molar-refractivity contribution in [1.29, 1.82) is 5.26 Å². The number of alkyl halides is 1. The van der Waals surface area contributed by atoms with Crippen LogP contribution in [0.3, 0.4) is 0 Å². The first kappa shape index (κ1) is 5.65. The van der Waals surface area contributed by atoms with Crippen LogP contribution in [0.25, 0.3) is 0 Å². The quantitative estimate of drug-likeness (QED) is 0.456. The molecule has 0 bridgehead atoms. The molecular formula is C6H6ClN. The lowest BCUT2D eigenvalue weighted by molar-refractivity contribution is 0.924. The first-order valence-corrected chi connectivity index (χ1v) is 3.02. The highest BCUT2D eigenvalue weighted by molar-refractivity contribution is 6.23. The molecule has 1 nitrogen and oxygen atoms in total. The van der Waals surface area contributed by atoms with Crippen molar-refractivity contribution in [3.8, 4) is 6.07 Å². The Balaban J connectivity index is 2.66. The van der Waals surface area contributed by atoms with Crippen molar-refractivity contribution >= 4 is 11.6 Å². The standard InChI is InChI=1S/C6H6ClN/c7-6-3-1-2-5(6)4-8/h2,6H,1,3H2. The van der Waals surface area contributed by atoms with E-state index < -0.39 is 0 Å². The van der Waals surface area contributed by atoms with Crippen LogP contribution in [0, 0.1) is 11.3 Å². The summed E-state index contributed by atoms with van der Waals surface area (Å²) in [5.41, 5.74) is 0.742. The summed E-state index contributed by atoms with van der Waals surface area (Å²) < 4.78 is 0. The minimum absolute atomic E-state index is 0.000000000000000222. The number of allylic oxidation sites excluding steroid dienone is 2. The largest absolute Gasteiger partial charge is 0.193 e. The molecule has 1 rings (SSSR count). The highest BCUT2D eigenvalue weighted by Crippen LogP contribution is 2.22. The maximum Gasteiger partial charge on any atom is 0.0959 e. The van der Waals surface area contributed by atoms with Crippen molar-refractivity contribution in [2.45, 2.75) is 18.2 Å². The van der Waals surface area contributed by atoms with Gasteiger partial charge in [0.2, 0.25) is 0 Å². The number of nitrogens with zero attached hydrogens (tertiary/aromatic N) is 1. The van der Waals surface area contributed by atoms with Gasteiger partial charge in [0.05, 0.1) is 11.4 Å². The van der Waals surface area contributed by atoms with Gasteiger partial charge in [-0.2, -0.15) is 5.26 Å². The Morgan fingerprint density at radius 1 is 1.88 bits per heavy atom. The maximum atomic E-state index is 8.33. The van der Waals surface area contributed by atoms with Gasteiger partial charge in [-0.05, 0) is 12.8 Å². The third-order valence-corrected chi connectivity index (χ3v) is 1.70. The van der Waals surface area contributed by atoms with Gasteiger partial charge in [-0.25, -0.2) is 0 Å². The zero-order valence-corrected chi connectivity index (χ0v) is 5.15. The molecule has 0 heterocycles. The van der Waals surface area contributed by atoms with Crippen LogP contribution in [-0.4, -0.2) is 5.38 Å². The van der Waals surface area contributed by atoms with Crippen LogP contribution in [0.5, 0.6) is 0 Å². The number of hydrogen-bond donors (Lipinski definition) is 0. The predicted octanol–water partition coefficient (Wildman–Crippen LogP) is 1.84. The van der Waals surface area contributed by atoms with E-state index in [9.17, 15) is 0 Å². The summed E-state index contributed by atoms with van der Waals surface area (Å²) in [6, 6.07) is 2.04. The molecule has 0 spiro atoms. The highest BCUT2D eigenvalue weighted by atomic mass is 35.5. The lowest BCUT2D eigenvalue weighted by atomic mass is 10.2. The topological polar surface area (TPSA) is 23.8 Å². The Morgan fingerprint density at radius 2 is 2.62 bits per heavy atom. The zero-order valence-electron chi connectivity index (χ0n) is 4.39. The maximum absolute atomic E-state index is 8.33. The summed E-state index contributed by atoms with van der Waals surface area (Å²) in [6.45, 7) is 0. The van der Waals surface area contributed by atoms with Crippen LogP contribution >= 0.6 is 11.6 Å². The molecule has 0 saturated carbocycles. The highest BCUT2D eigenvalue weighted by Gasteiger charge is 2.14. The zero-order chi connectivity index (χ0) is 5.98. The normalized spacial score (nSPS) is 27.0. The van der Waals surface area contributed by atoms with Crippen molar-refractivity contribution in [3.63, 3.8) is 0 Å². The van der Waals surface area contributed by atoms with Crippen LogP contribution in [0.2, 0.25) is 0 Å². The second-order valence-electron chi connectivity index (χ2n) is 1.82. The molecule has 0 aromatic rings. The minimum atomic E-state index is -0.000000000000000222. The number of halogens is 1. The van der Waals surface area contributed by atoms with Crippen LogP contribution in [-0.2, 0) is 0 Å². The third-order valence-electron chi connectivity index (χ3n) is 1.25. The van der Waals surface area contributed by atoms with Crippen molar-refractivity contribution in [1.82, 2.24) is 0 Å². The van der Waals surface area contributed by atoms with E-state index in [1.165, 1.54) is 0 Å². The molecule has 1 aliphatic rings. The lowest BCUT2D eigenvalue weighted by Crippen LogP contribution is -1.91. The molecule has 2 heteroatoms. The number of rotatable bonds is 0. The minimum Gasteiger partial charge on any atom is -0.193 e. The molecule has 0 saturated heterocycles. The molecule has 0 radical (unpaired) electrons. The lowest BCUT2D eigenvalue weighted by Gasteiger charge is -1.93. The fourth-order valence-electron chi connectivity index (χ4n) is 0.784. The predicted molar refractivity (Wildman–Crippen MR) is 32.6 cm³/mol. The fourth-order valence-corrected chi connectivity index (χ4v) is 1.05. The molecule has 1 aliphatic carbocycles. The van der Waals surface area contributed by atoms with E-state index in [0.717, 1.165) is 18.4 Å². The van der Waals surface area contributed by atoms with Crippen molar-refractivity contribution < 1.29 is 0 Å². The first-order valence-electron chi connectivity index (χ1n) is 2.59. The summed E-state index contributed by atoms with van der Waals surface area (Å²) in [6.07, 6.45) is 3.80. The Morgan fingerprint density at radius 3 is 2.88 bits per heavy atom. The van der Waals surface area contributed by atoms with E-state index in [-0.39, 0.29) is 5.38 Å². The van der Waals surface area contributed by atoms with E-state index in [1.807, 2.05) is 12.1 Å². The average Bonchev–Trinajstić information content (AvgIpc) is 2.14. The molecule has 0 N–H and O–H groups in total. The van der Waals surface area contributed by atoms with Gasteiger partial charge in [0.1, 0.15) is 0 Å². The summed E-state index contributed by atoms with van der Waals surface area (Å²) in [5.74, 6) is 0. The van der Waals surface area contributed by atoms with Crippen molar-refractivity contribution in [2.24, 2.45) is 0 Å². The molecule has 42 valence electrons. The Kier molecular flexibility index (Phi) is 1.55. The Labute approximate surface area is 53.6 Å². The molecule has 0 aliphatic heterocycles. The third kappa shape index (κ3) is 0.850.